The summed E-state index contributed by atoms with van der Waals surface area (Å²) in [5, 5.41) is 11.0. The second-order valence-corrected chi connectivity index (χ2v) is 5.60. The van der Waals surface area contributed by atoms with Crippen molar-refractivity contribution in [2.45, 2.75) is 6.92 Å². The van der Waals surface area contributed by atoms with E-state index in [1.165, 1.54) is 0 Å². The summed E-state index contributed by atoms with van der Waals surface area (Å²) >= 11 is 1.55. The van der Waals surface area contributed by atoms with Crippen LogP contribution in [0.2, 0.25) is 0 Å². The Morgan fingerprint density at radius 3 is 3.00 bits per heavy atom. The molecule has 0 aliphatic heterocycles. The van der Waals surface area contributed by atoms with Crippen molar-refractivity contribution in [3.05, 3.63) is 52.7 Å². The lowest BCUT2D eigenvalue weighted by Gasteiger charge is -1.97. The zero-order valence-electron chi connectivity index (χ0n) is 11.7. The maximum Gasteiger partial charge on any atom is 0.272 e. The van der Waals surface area contributed by atoms with Crippen molar-refractivity contribution in [2.24, 2.45) is 12.1 Å². The molecular weight excluding hydrogens is 284 g/mol. The SMILES string of the molecule is Cc1nn(C)cc1/C=N/NC(=O)c1csc2ccccc12. The van der Waals surface area contributed by atoms with Gasteiger partial charge in [0.1, 0.15) is 0 Å². The molecule has 0 saturated carbocycles. The van der Waals surface area contributed by atoms with Crippen LogP contribution in [0.5, 0.6) is 0 Å². The van der Waals surface area contributed by atoms with Gasteiger partial charge in [-0.1, -0.05) is 18.2 Å². The number of thiophene rings is 1. The van der Waals surface area contributed by atoms with E-state index >= 15 is 0 Å². The van der Waals surface area contributed by atoms with Crippen LogP contribution in [0.25, 0.3) is 10.1 Å². The second kappa shape index (κ2) is 5.49. The fourth-order valence-electron chi connectivity index (χ4n) is 2.12. The summed E-state index contributed by atoms with van der Waals surface area (Å²) in [6.45, 7) is 1.90. The third kappa shape index (κ3) is 2.71. The molecule has 21 heavy (non-hydrogen) atoms. The maximum absolute atomic E-state index is 12.2. The van der Waals surface area contributed by atoms with Crippen LogP contribution in [-0.2, 0) is 7.05 Å². The number of amides is 1. The summed E-state index contributed by atoms with van der Waals surface area (Å²) in [5.41, 5.74) is 4.97. The standard InChI is InChI=1S/C15H14N4OS/c1-10-11(8-19(2)18-10)7-16-17-15(20)13-9-21-14-6-4-3-5-12(13)14/h3-9H,1-2H3,(H,17,20)/b16-7+. The van der Waals surface area contributed by atoms with Gasteiger partial charge in [-0.25, -0.2) is 5.43 Å². The number of hydrazone groups is 1. The molecule has 0 bridgehead atoms. The highest BCUT2D eigenvalue weighted by Gasteiger charge is 2.10. The van der Waals surface area contributed by atoms with Crippen molar-refractivity contribution in [3.8, 4) is 0 Å². The van der Waals surface area contributed by atoms with Gasteiger partial charge in [0.25, 0.3) is 5.91 Å². The van der Waals surface area contributed by atoms with Crippen LogP contribution >= 0.6 is 11.3 Å². The zero-order valence-corrected chi connectivity index (χ0v) is 12.5. The topological polar surface area (TPSA) is 59.3 Å². The number of carbonyl (C=O) groups is 1. The monoisotopic (exact) mass is 298 g/mol. The molecule has 1 aromatic carbocycles. The van der Waals surface area contributed by atoms with E-state index in [-0.39, 0.29) is 5.91 Å². The zero-order chi connectivity index (χ0) is 14.8. The lowest BCUT2D eigenvalue weighted by atomic mass is 10.2. The van der Waals surface area contributed by atoms with Gasteiger partial charge in [-0.2, -0.15) is 10.2 Å². The molecule has 3 rings (SSSR count). The quantitative estimate of drug-likeness (QED) is 0.597. The van der Waals surface area contributed by atoms with Gasteiger partial charge in [-0.3, -0.25) is 9.48 Å². The van der Waals surface area contributed by atoms with Crippen LogP contribution in [0.15, 0.2) is 40.9 Å². The summed E-state index contributed by atoms with van der Waals surface area (Å²) in [7, 11) is 1.85. The first kappa shape index (κ1) is 13.5. The normalized spacial score (nSPS) is 11.3. The van der Waals surface area contributed by atoms with Gasteiger partial charge < -0.3 is 0 Å². The van der Waals surface area contributed by atoms with E-state index in [1.54, 1.807) is 22.2 Å². The molecule has 2 aromatic heterocycles. The first-order valence-electron chi connectivity index (χ1n) is 6.45. The molecule has 106 valence electrons. The molecule has 0 saturated heterocycles. The Kier molecular flexibility index (Phi) is 3.53. The number of fused-ring (bicyclic) bond motifs is 1. The van der Waals surface area contributed by atoms with Gasteiger partial charge >= 0.3 is 0 Å². The van der Waals surface area contributed by atoms with Gasteiger partial charge in [-0.15, -0.1) is 11.3 Å². The molecule has 0 aliphatic rings. The Morgan fingerprint density at radius 1 is 1.43 bits per heavy atom. The first-order valence-corrected chi connectivity index (χ1v) is 7.33. The third-order valence-electron chi connectivity index (χ3n) is 3.15. The van der Waals surface area contributed by atoms with E-state index < -0.39 is 0 Å². The van der Waals surface area contributed by atoms with E-state index in [0.29, 0.717) is 5.56 Å². The molecule has 0 aliphatic carbocycles. The molecular formula is C15H14N4OS. The minimum absolute atomic E-state index is 0.203. The molecule has 0 spiro atoms. The summed E-state index contributed by atoms with van der Waals surface area (Å²) in [4.78, 5) is 12.2. The highest BCUT2D eigenvalue weighted by atomic mass is 32.1. The summed E-state index contributed by atoms with van der Waals surface area (Å²) in [5.74, 6) is -0.203. The number of benzene rings is 1. The second-order valence-electron chi connectivity index (χ2n) is 4.69. The van der Waals surface area contributed by atoms with Gasteiger partial charge in [0.15, 0.2) is 0 Å². The largest absolute Gasteiger partial charge is 0.275 e. The van der Waals surface area contributed by atoms with E-state index in [1.807, 2.05) is 49.8 Å². The molecule has 2 heterocycles. The van der Waals surface area contributed by atoms with Crippen molar-refractivity contribution in [1.82, 2.24) is 15.2 Å². The van der Waals surface area contributed by atoms with Crippen LogP contribution in [0, 0.1) is 6.92 Å². The average molecular weight is 298 g/mol. The molecule has 0 unspecified atom stereocenters. The van der Waals surface area contributed by atoms with Crippen LogP contribution in [0.3, 0.4) is 0 Å². The van der Waals surface area contributed by atoms with Crippen molar-refractivity contribution in [1.29, 1.82) is 0 Å². The van der Waals surface area contributed by atoms with Crippen molar-refractivity contribution in [2.75, 3.05) is 0 Å². The van der Waals surface area contributed by atoms with E-state index in [9.17, 15) is 4.79 Å². The lowest BCUT2D eigenvalue weighted by molar-refractivity contribution is 0.0957. The van der Waals surface area contributed by atoms with Crippen molar-refractivity contribution < 1.29 is 4.79 Å². The van der Waals surface area contributed by atoms with Gasteiger partial charge in [-0.05, 0) is 13.0 Å². The number of hydrogen-bond acceptors (Lipinski definition) is 4. The number of aromatic nitrogens is 2. The Morgan fingerprint density at radius 2 is 2.24 bits per heavy atom. The Labute approximate surface area is 125 Å². The van der Waals surface area contributed by atoms with Crippen LogP contribution in [-0.4, -0.2) is 21.9 Å². The smallest absolute Gasteiger partial charge is 0.272 e. The summed E-state index contributed by atoms with van der Waals surface area (Å²) in [6.07, 6.45) is 3.46. The number of aryl methyl sites for hydroxylation is 2. The third-order valence-corrected chi connectivity index (χ3v) is 4.11. The lowest BCUT2D eigenvalue weighted by Crippen LogP contribution is -2.17. The minimum Gasteiger partial charge on any atom is -0.275 e. The highest BCUT2D eigenvalue weighted by Crippen LogP contribution is 2.25. The molecule has 1 N–H and O–H groups in total. The Hall–Kier alpha value is -2.47. The van der Waals surface area contributed by atoms with Crippen LogP contribution in [0.1, 0.15) is 21.6 Å². The predicted molar refractivity (Wildman–Crippen MR) is 84.8 cm³/mol. The number of nitrogens with one attached hydrogen (secondary N) is 1. The average Bonchev–Trinajstić information content (AvgIpc) is 3.02. The molecule has 0 radical (unpaired) electrons. The number of hydrogen-bond donors (Lipinski definition) is 1. The fraction of sp³-hybridized carbons (Fsp3) is 0.133. The van der Waals surface area contributed by atoms with Crippen LogP contribution in [0.4, 0.5) is 0 Å². The van der Waals surface area contributed by atoms with Crippen LogP contribution < -0.4 is 5.43 Å². The fourth-order valence-corrected chi connectivity index (χ4v) is 3.06. The highest BCUT2D eigenvalue weighted by molar-refractivity contribution is 7.17. The molecule has 5 nitrogen and oxygen atoms in total. The van der Waals surface area contributed by atoms with Gasteiger partial charge in [0.05, 0.1) is 17.5 Å². The summed E-state index contributed by atoms with van der Waals surface area (Å²) < 4.78 is 2.81. The van der Waals surface area contributed by atoms with Crippen molar-refractivity contribution >= 4 is 33.5 Å². The minimum atomic E-state index is -0.203. The predicted octanol–water partition coefficient (Wildman–Crippen LogP) is 2.71. The Balaban J connectivity index is 1.76. The van der Waals surface area contributed by atoms with Gasteiger partial charge in [0.2, 0.25) is 0 Å². The number of rotatable bonds is 3. The molecule has 6 heteroatoms. The Bertz CT molecular complexity index is 831. The van der Waals surface area contributed by atoms with E-state index in [0.717, 1.165) is 21.3 Å². The van der Waals surface area contributed by atoms with Crippen molar-refractivity contribution in [3.63, 3.8) is 0 Å². The van der Waals surface area contributed by atoms with E-state index in [2.05, 4.69) is 15.6 Å². The number of carbonyl (C=O) groups excluding carboxylic acids is 1. The van der Waals surface area contributed by atoms with Gasteiger partial charge in [0, 0.05) is 34.3 Å². The maximum atomic E-state index is 12.2. The van der Waals surface area contributed by atoms with E-state index in [4.69, 9.17) is 0 Å². The first-order chi connectivity index (χ1) is 10.1. The molecule has 0 atom stereocenters. The summed E-state index contributed by atoms with van der Waals surface area (Å²) in [6, 6.07) is 7.83. The molecule has 1 amide bonds. The number of nitrogens with zero attached hydrogens (tertiary/aromatic N) is 3. The molecule has 3 aromatic rings. The molecule has 0 fully saturated rings.